The summed E-state index contributed by atoms with van der Waals surface area (Å²) in [5.74, 6) is -0.283. The summed E-state index contributed by atoms with van der Waals surface area (Å²) in [7, 11) is 1.89. The number of benzene rings is 3. The summed E-state index contributed by atoms with van der Waals surface area (Å²) >= 11 is 0. The standard InChI is InChI=1S/C23H19NO3/c1-24-19-13-7-5-11-17(19)21(23(25)26)22(24)18-12-6-8-14-20(18)27-15-16-9-3-2-4-10-16/h2-14H,15H2,1H3,(H,25,26). The molecule has 0 fully saturated rings. The number of aromatic carboxylic acids is 1. The molecule has 0 bridgehead atoms. The predicted octanol–water partition coefficient (Wildman–Crippen LogP) is 5.12. The van der Waals surface area contributed by atoms with Crippen molar-refractivity contribution in [3.05, 3.63) is 90.0 Å². The molecule has 3 aromatic carbocycles. The molecule has 1 aromatic heterocycles. The Hall–Kier alpha value is -3.53. The number of carbonyl (C=O) groups is 1. The summed E-state index contributed by atoms with van der Waals surface area (Å²) in [5.41, 5.74) is 3.64. The molecule has 134 valence electrons. The maximum Gasteiger partial charge on any atom is 0.338 e. The van der Waals surface area contributed by atoms with Crippen LogP contribution in [0.25, 0.3) is 22.2 Å². The fourth-order valence-electron chi connectivity index (χ4n) is 3.45. The number of hydrogen-bond acceptors (Lipinski definition) is 2. The van der Waals surface area contributed by atoms with Gasteiger partial charge in [-0.05, 0) is 23.8 Å². The number of nitrogens with zero attached hydrogens (tertiary/aromatic N) is 1. The Morgan fingerprint density at radius 1 is 0.926 bits per heavy atom. The predicted molar refractivity (Wildman–Crippen MR) is 106 cm³/mol. The summed E-state index contributed by atoms with van der Waals surface area (Å²) in [6.07, 6.45) is 0. The zero-order valence-electron chi connectivity index (χ0n) is 14.9. The van der Waals surface area contributed by atoms with E-state index in [9.17, 15) is 9.90 Å². The van der Waals surface area contributed by atoms with Crippen molar-refractivity contribution >= 4 is 16.9 Å². The van der Waals surface area contributed by atoms with Crippen LogP contribution in [0.15, 0.2) is 78.9 Å². The van der Waals surface area contributed by atoms with E-state index in [4.69, 9.17) is 4.74 Å². The highest BCUT2D eigenvalue weighted by Crippen LogP contribution is 2.38. The second-order valence-electron chi connectivity index (χ2n) is 6.38. The maximum atomic E-state index is 12.1. The first kappa shape index (κ1) is 16.9. The van der Waals surface area contributed by atoms with Gasteiger partial charge in [0.15, 0.2) is 0 Å². The van der Waals surface area contributed by atoms with Gasteiger partial charge in [0.1, 0.15) is 12.4 Å². The Balaban J connectivity index is 1.84. The highest BCUT2D eigenvalue weighted by Gasteiger charge is 2.23. The Morgan fingerprint density at radius 3 is 2.37 bits per heavy atom. The summed E-state index contributed by atoms with van der Waals surface area (Å²) in [6.45, 7) is 0.421. The first-order chi connectivity index (χ1) is 13.2. The fraction of sp³-hybridized carbons (Fsp3) is 0.0870. The quantitative estimate of drug-likeness (QED) is 0.539. The average Bonchev–Trinajstić information content (AvgIpc) is 3.00. The fourth-order valence-corrected chi connectivity index (χ4v) is 3.45. The maximum absolute atomic E-state index is 12.1. The van der Waals surface area contributed by atoms with Gasteiger partial charge in [-0.2, -0.15) is 0 Å². The normalized spacial score (nSPS) is 10.9. The summed E-state index contributed by atoms with van der Waals surface area (Å²) < 4.78 is 7.98. The molecule has 4 nitrogen and oxygen atoms in total. The number of para-hydroxylation sites is 2. The molecule has 1 heterocycles. The number of carboxylic acid groups (broad SMARTS) is 1. The van der Waals surface area contributed by atoms with Crippen molar-refractivity contribution in [2.75, 3.05) is 0 Å². The van der Waals surface area contributed by atoms with Crippen LogP contribution >= 0.6 is 0 Å². The zero-order valence-corrected chi connectivity index (χ0v) is 14.9. The minimum absolute atomic E-state index is 0.295. The Kier molecular flexibility index (Phi) is 4.38. The van der Waals surface area contributed by atoms with E-state index in [1.807, 2.05) is 90.5 Å². The van der Waals surface area contributed by atoms with E-state index < -0.39 is 5.97 Å². The first-order valence-corrected chi connectivity index (χ1v) is 8.73. The van der Waals surface area contributed by atoms with Gasteiger partial charge in [0, 0.05) is 23.5 Å². The monoisotopic (exact) mass is 357 g/mol. The van der Waals surface area contributed by atoms with Gasteiger partial charge in [-0.15, -0.1) is 0 Å². The molecule has 0 aliphatic carbocycles. The summed E-state index contributed by atoms with van der Waals surface area (Å²) in [5, 5.41) is 10.6. The second-order valence-corrected chi connectivity index (χ2v) is 6.38. The third-order valence-corrected chi connectivity index (χ3v) is 4.70. The molecule has 0 saturated carbocycles. The number of rotatable bonds is 5. The van der Waals surface area contributed by atoms with Gasteiger partial charge < -0.3 is 14.4 Å². The van der Waals surface area contributed by atoms with Crippen LogP contribution in [0.1, 0.15) is 15.9 Å². The molecule has 27 heavy (non-hydrogen) atoms. The average molecular weight is 357 g/mol. The lowest BCUT2D eigenvalue weighted by Crippen LogP contribution is -2.03. The van der Waals surface area contributed by atoms with Crippen LogP contribution in [0.4, 0.5) is 0 Å². The molecule has 0 aliphatic heterocycles. The van der Waals surface area contributed by atoms with Crippen LogP contribution in [0.5, 0.6) is 5.75 Å². The van der Waals surface area contributed by atoms with E-state index >= 15 is 0 Å². The second kappa shape index (κ2) is 7.00. The minimum atomic E-state index is -0.945. The van der Waals surface area contributed by atoms with Gasteiger partial charge in [-0.3, -0.25) is 0 Å². The summed E-state index contributed by atoms with van der Waals surface area (Å²) in [6, 6.07) is 25.0. The topological polar surface area (TPSA) is 51.5 Å². The molecule has 0 aliphatic rings. The molecule has 0 saturated heterocycles. The minimum Gasteiger partial charge on any atom is -0.488 e. The van der Waals surface area contributed by atoms with Gasteiger partial charge in [-0.25, -0.2) is 4.79 Å². The van der Waals surface area contributed by atoms with Gasteiger partial charge in [0.05, 0.1) is 11.3 Å². The highest BCUT2D eigenvalue weighted by molar-refractivity contribution is 6.10. The van der Waals surface area contributed by atoms with E-state index in [0.717, 1.165) is 22.0 Å². The molecule has 0 atom stereocenters. The molecule has 4 rings (SSSR count). The molecular formula is C23H19NO3. The largest absolute Gasteiger partial charge is 0.488 e. The van der Waals surface area contributed by atoms with Crippen LogP contribution in [-0.2, 0) is 13.7 Å². The van der Waals surface area contributed by atoms with E-state index in [0.29, 0.717) is 23.6 Å². The third-order valence-electron chi connectivity index (χ3n) is 4.70. The third kappa shape index (κ3) is 3.06. The molecular weight excluding hydrogens is 338 g/mol. The number of aromatic nitrogens is 1. The van der Waals surface area contributed by atoms with Crippen LogP contribution in [-0.4, -0.2) is 15.6 Å². The lowest BCUT2D eigenvalue weighted by molar-refractivity contribution is 0.0699. The van der Waals surface area contributed by atoms with Crippen molar-refractivity contribution in [1.29, 1.82) is 0 Å². The van der Waals surface area contributed by atoms with E-state index in [1.165, 1.54) is 0 Å². The molecule has 1 N–H and O–H groups in total. The van der Waals surface area contributed by atoms with Crippen LogP contribution in [0.2, 0.25) is 0 Å². The molecule has 0 amide bonds. The zero-order chi connectivity index (χ0) is 18.8. The molecule has 0 radical (unpaired) electrons. The molecule has 4 aromatic rings. The van der Waals surface area contributed by atoms with Crippen molar-refractivity contribution in [2.24, 2.45) is 7.05 Å². The number of carboxylic acids is 1. The lowest BCUT2D eigenvalue weighted by Gasteiger charge is -2.13. The summed E-state index contributed by atoms with van der Waals surface area (Å²) in [4.78, 5) is 12.1. The van der Waals surface area contributed by atoms with E-state index in [2.05, 4.69) is 0 Å². The number of hydrogen-bond donors (Lipinski definition) is 1. The molecule has 0 unspecified atom stereocenters. The lowest BCUT2D eigenvalue weighted by atomic mass is 10.0. The van der Waals surface area contributed by atoms with Crippen LogP contribution in [0.3, 0.4) is 0 Å². The van der Waals surface area contributed by atoms with Gasteiger partial charge in [0.25, 0.3) is 0 Å². The van der Waals surface area contributed by atoms with Crippen molar-refractivity contribution in [3.63, 3.8) is 0 Å². The number of fused-ring (bicyclic) bond motifs is 1. The van der Waals surface area contributed by atoms with Crippen molar-refractivity contribution < 1.29 is 14.6 Å². The highest BCUT2D eigenvalue weighted by atomic mass is 16.5. The number of aryl methyl sites for hydroxylation is 1. The van der Waals surface area contributed by atoms with Crippen LogP contribution < -0.4 is 4.74 Å². The van der Waals surface area contributed by atoms with Crippen LogP contribution in [0, 0.1) is 0 Å². The Morgan fingerprint density at radius 2 is 1.59 bits per heavy atom. The molecule has 4 heteroatoms. The van der Waals surface area contributed by atoms with Crippen molar-refractivity contribution in [1.82, 2.24) is 4.57 Å². The van der Waals surface area contributed by atoms with Gasteiger partial charge in [0.2, 0.25) is 0 Å². The van der Waals surface area contributed by atoms with E-state index in [1.54, 1.807) is 0 Å². The Labute approximate surface area is 157 Å². The molecule has 0 spiro atoms. The van der Waals surface area contributed by atoms with Crippen molar-refractivity contribution in [3.8, 4) is 17.0 Å². The Bertz CT molecular complexity index is 1110. The SMILES string of the molecule is Cn1c(-c2ccccc2OCc2ccccc2)c(C(=O)O)c2ccccc21. The van der Waals surface area contributed by atoms with Gasteiger partial charge in [-0.1, -0.05) is 60.7 Å². The van der Waals surface area contributed by atoms with E-state index in [-0.39, 0.29) is 0 Å². The smallest absolute Gasteiger partial charge is 0.338 e. The van der Waals surface area contributed by atoms with Gasteiger partial charge >= 0.3 is 5.97 Å². The van der Waals surface area contributed by atoms with Crippen molar-refractivity contribution in [2.45, 2.75) is 6.61 Å². The first-order valence-electron chi connectivity index (χ1n) is 8.73. The number of ether oxygens (including phenoxy) is 1.